The van der Waals surface area contributed by atoms with E-state index in [0.29, 0.717) is 18.0 Å². The normalized spacial score (nSPS) is 18.9. The highest BCUT2D eigenvalue weighted by Gasteiger charge is 2.28. The molecule has 152 valence electrons. The lowest BCUT2D eigenvalue weighted by molar-refractivity contribution is 0.161. The number of aryl methyl sites for hydroxylation is 2. The third-order valence-corrected chi connectivity index (χ3v) is 6.24. The molecule has 2 aromatic heterocycles. The quantitative estimate of drug-likeness (QED) is 0.677. The summed E-state index contributed by atoms with van der Waals surface area (Å²) >= 11 is 0. The van der Waals surface area contributed by atoms with Crippen molar-refractivity contribution in [3.8, 4) is 11.5 Å². The fraction of sp³-hybridized carbons (Fsp3) is 0.652. The number of nitrogens with one attached hydrogen (secondary N) is 2. The monoisotopic (exact) mass is 381 g/mol. The van der Waals surface area contributed by atoms with Crippen molar-refractivity contribution in [1.29, 1.82) is 0 Å². The molecular weight excluding hydrogens is 346 g/mol. The zero-order chi connectivity index (χ0) is 19.5. The predicted molar refractivity (Wildman–Crippen MR) is 115 cm³/mol. The van der Waals surface area contributed by atoms with Crippen LogP contribution in [0.3, 0.4) is 0 Å². The van der Waals surface area contributed by atoms with Crippen LogP contribution in [0, 0.1) is 6.92 Å². The van der Waals surface area contributed by atoms with E-state index >= 15 is 0 Å². The fourth-order valence-electron chi connectivity index (χ4n) is 4.30. The van der Waals surface area contributed by atoms with Gasteiger partial charge in [0, 0.05) is 29.4 Å². The molecule has 0 amide bonds. The number of imidazole rings is 1. The topological polar surface area (TPSA) is 56.8 Å². The van der Waals surface area contributed by atoms with Gasteiger partial charge in [0.05, 0.1) is 5.69 Å². The average Bonchev–Trinajstić information content (AvgIpc) is 3.47. The summed E-state index contributed by atoms with van der Waals surface area (Å²) in [7, 11) is 0. The summed E-state index contributed by atoms with van der Waals surface area (Å²) in [6.07, 6.45) is 7.25. The highest BCUT2D eigenvalue weighted by atomic mass is 15.2. The molecule has 1 aliphatic heterocycles. The van der Waals surface area contributed by atoms with Crippen LogP contribution in [0.5, 0.6) is 0 Å². The Morgan fingerprint density at radius 1 is 1.14 bits per heavy atom. The van der Waals surface area contributed by atoms with Crippen molar-refractivity contribution in [2.45, 2.75) is 77.3 Å². The molecule has 2 N–H and O–H groups in total. The number of nitrogens with zero attached hydrogens (tertiary/aromatic N) is 3. The lowest BCUT2D eigenvalue weighted by Crippen LogP contribution is -2.45. The third-order valence-electron chi connectivity index (χ3n) is 6.24. The van der Waals surface area contributed by atoms with E-state index in [1.165, 1.54) is 50.2 Å². The molecule has 0 unspecified atom stereocenters. The molecule has 2 aliphatic rings. The highest BCUT2D eigenvalue weighted by molar-refractivity contribution is 5.51. The van der Waals surface area contributed by atoms with Crippen molar-refractivity contribution >= 4 is 0 Å². The van der Waals surface area contributed by atoms with Gasteiger partial charge >= 0.3 is 0 Å². The van der Waals surface area contributed by atoms with E-state index in [2.05, 4.69) is 54.2 Å². The number of H-pyrrole nitrogens is 1. The van der Waals surface area contributed by atoms with Crippen LogP contribution < -0.4 is 5.32 Å². The maximum Gasteiger partial charge on any atom is 0.156 e. The Morgan fingerprint density at radius 3 is 2.64 bits per heavy atom. The predicted octanol–water partition coefficient (Wildman–Crippen LogP) is 4.05. The van der Waals surface area contributed by atoms with Crippen LogP contribution in [0.2, 0.25) is 0 Å². The van der Waals surface area contributed by atoms with Crippen LogP contribution in [0.1, 0.15) is 69.0 Å². The zero-order valence-corrected chi connectivity index (χ0v) is 17.7. The van der Waals surface area contributed by atoms with Crippen molar-refractivity contribution in [1.82, 2.24) is 25.2 Å². The molecule has 1 aliphatic carbocycles. The molecule has 0 spiro atoms. The maximum absolute atomic E-state index is 4.86. The van der Waals surface area contributed by atoms with Crippen molar-refractivity contribution in [2.75, 3.05) is 19.6 Å². The van der Waals surface area contributed by atoms with Crippen LogP contribution >= 0.6 is 0 Å². The van der Waals surface area contributed by atoms with Gasteiger partial charge in [-0.1, -0.05) is 6.07 Å². The fourth-order valence-corrected chi connectivity index (χ4v) is 4.30. The minimum atomic E-state index is 0.673. The summed E-state index contributed by atoms with van der Waals surface area (Å²) in [6, 6.07) is 7.68. The van der Waals surface area contributed by atoms with Crippen LogP contribution in [0.4, 0.5) is 0 Å². The van der Waals surface area contributed by atoms with Crippen LogP contribution in [-0.2, 0) is 6.42 Å². The molecule has 0 radical (unpaired) electrons. The van der Waals surface area contributed by atoms with Crippen LogP contribution in [-0.4, -0.2) is 51.6 Å². The molecule has 0 bridgehead atoms. The molecular formula is C23H35N5. The number of pyridine rings is 1. The van der Waals surface area contributed by atoms with Crippen molar-refractivity contribution in [3.63, 3.8) is 0 Å². The Balaban J connectivity index is 1.25. The Labute approximate surface area is 169 Å². The molecule has 1 saturated heterocycles. The summed E-state index contributed by atoms with van der Waals surface area (Å²) in [5.74, 6) is 1.60. The minimum Gasteiger partial charge on any atom is -0.341 e. The molecule has 0 aromatic carbocycles. The molecule has 4 rings (SSSR count). The average molecular weight is 382 g/mol. The molecule has 2 fully saturated rings. The minimum absolute atomic E-state index is 0.673. The summed E-state index contributed by atoms with van der Waals surface area (Å²) in [6.45, 7) is 10.3. The van der Waals surface area contributed by atoms with E-state index in [9.17, 15) is 0 Å². The third kappa shape index (κ3) is 4.81. The van der Waals surface area contributed by atoms with Gasteiger partial charge in [0.1, 0.15) is 5.69 Å². The van der Waals surface area contributed by atoms with Gasteiger partial charge in [-0.3, -0.25) is 0 Å². The Morgan fingerprint density at radius 2 is 1.93 bits per heavy atom. The summed E-state index contributed by atoms with van der Waals surface area (Å²) in [4.78, 5) is 15.7. The summed E-state index contributed by atoms with van der Waals surface area (Å²) in [5, 5.41) is 3.75. The Kier molecular flexibility index (Phi) is 6.12. The number of aromatic amines is 1. The maximum atomic E-state index is 4.86. The smallest absolute Gasteiger partial charge is 0.156 e. The Hall–Kier alpha value is -1.72. The summed E-state index contributed by atoms with van der Waals surface area (Å²) in [5.41, 5.74) is 4.59. The number of rotatable bonds is 8. The first-order valence-electron chi connectivity index (χ1n) is 11.1. The van der Waals surface area contributed by atoms with Crippen molar-refractivity contribution < 1.29 is 0 Å². The number of hydrogen-bond donors (Lipinski definition) is 2. The van der Waals surface area contributed by atoms with Gasteiger partial charge in [-0.25, -0.2) is 9.97 Å². The number of likely N-dealkylation sites (tertiary alicyclic amines) is 1. The van der Waals surface area contributed by atoms with Gasteiger partial charge in [-0.2, -0.15) is 0 Å². The van der Waals surface area contributed by atoms with E-state index in [4.69, 9.17) is 9.97 Å². The molecule has 0 atom stereocenters. The molecule has 2 aromatic rings. The van der Waals surface area contributed by atoms with Gasteiger partial charge in [0.25, 0.3) is 0 Å². The molecule has 5 nitrogen and oxygen atoms in total. The SMILES string of the molecule is Cc1[nH]c(-c2cccc(CCCNC3CCN(C(C)C)CC3)n2)nc1C1CC1. The van der Waals surface area contributed by atoms with Gasteiger partial charge in [0.15, 0.2) is 5.82 Å². The second-order valence-corrected chi connectivity index (χ2v) is 8.85. The Bertz CT molecular complexity index is 769. The zero-order valence-electron chi connectivity index (χ0n) is 17.7. The van der Waals surface area contributed by atoms with E-state index in [1.807, 2.05) is 0 Å². The first kappa shape index (κ1) is 19.6. The van der Waals surface area contributed by atoms with Crippen LogP contribution in [0.15, 0.2) is 18.2 Å². The molecule has 5 heteroatoms. The molecule has 3 heterocycles. The van der Waals surface area contributed by atoms with Gasteiger partial charge in [-0.15, -0.1) is 0 Å². The largest absolute Gasteiger partial charge is 0.341 e. The second-order valence-electron chi connectivity index (χ2n) is 8.85. The van der Waals surface area contributed by atoms with Crippen molar-refractivity contribution in [3.05, 3.63) is 35.3 Å². The second kappa shape index (κ2) is 8.75. The first-order valence-corrected chi connectivity index (χ1v) is 11.1. The van der Waals surface area contributed by atoms with Gasteiger partial charge in [0.2, 0.25) is 0 Å². The van der Waals surface area contributed by atoms with Crippen LogP contribution in [0.25, 0.3) is 11.5 Å². The summed E-state index contributed by atoms with van der Waals surface area (Å²) < 4.78 is 0. The lowest BCUT2D eigenvalue weighted by Gasteiger charge is -2.35. The number of hydrogen-bond acceptors (Lipinski definition) is 4. The number of piperidine rings is 1. The van der Waals surface area contributed by atoms with Gasteiger partial charge < -0.3 is 15.2 Å². The van der Waals surface area contributed by atoms with E-state index in [0.717, 1.165) is 36.6 Å². The molecule has 1 saturated carbocycles. The highest BCUT2D eigenvalue weighted by Crippen LogP contribution is 2.41. The van der Waals surface area contributed by atoms with Crippen molar-refractivity contribution in [2.24, 2.45) is 0 Å². The lowest BCUT2D eigenvalue weighted by atomic mass is 10.0. The van der Waals surface area contributed by atoms with Gasteiger partial charge in [-0.05, 0) is 91.1 Å². The van der Waals surface area contributed by atoms with E-state index < -0.39 is 0 Å². The standard InChI is InChI=1S/C23H35N5/c1-16(2)28-14-11-19(12-15-28)24-13-5-7-20-6-4-8-21(26-20)23-25-17(3)22(27-23)18-9-10-18/h4,6,8,16,18-19,24H,5,7,9-15H2,1-3H3,(H,25,27). The molecule has 28 heavy (non-hydrogen) atoms. The first-order chi connectivity index (χ1) is 13.6. The van der Waals surface area contributed by atoms with E-state index in [1.54, 1.807) is 0 Å². The van der Waals surface area contributed by atoms with E-state index in [-0.39, 0.29) is 0 Å². The number of aromatic nitrogens is 3.